The van der Waals surface area contributed by atoms with Gasteiger partial charge < -0.3 is 10.2 Å². The first-order valence-corrected chi connectivity index (χ1v) is 5.47. The Balaban J connectivity index is 3.11. The number of piperazine rings is 1. The Labute approximate surface area is 112 Å². The molecular formula is C9H9F9N2O. The quantitative estimate of drug-likeness (QED) is 0.801. The molecule has 0 aromatic heterocycles. The molecule has 0 aromatic carbocycles. The zero-order valence-electron chi connectivity index (χ0n) is 10.1. The first-order valence-electron chi connectivity index (χ1n) is 5.47. The summed E-state index contributed by atoms with van der Waals surface area (Å²) in [6, 6.07) is 0. The Morgan fingerprint density at radius 1 is 0.810 bits per heavy atom. The molecule has 1 rings (SSSR count). The Morgan fingerprint density at radius 2 is 1.24 bits per heavy atom. The Kier molecular flexibility index (Phi) is 4.43. The van der Waals surface area contributed by atoms with E-state index in [4.69, 9.17) is 0 Å². The molecule has 0 spiro atoms. The monoisotopic (exact) mass is 332 g/mol. The van der Waals surface area contributed by atoms with E-state index < -0.39 is 42.9 Å². The van der Waals surface area contributed by atoms with Crippen molar-refractivity contribution in [3.8, 4) is 0 Å². The number of nitrogens with zero attached hydrogens (tertiary/aromatic N) is 1. The van der Waals surface area contributed by atoms with Crippen molar-refractivity contribution in [1.29, 1.82) is 0 Å². The summed E-state index contributed by atoms with van der Waals surface area (Å²) in [6.07, 6.45) is -6.93. The molecule has 0 aliphatic carbocycles. The lowest BCUT2D eigenvalue weighted by molar-refractivity contribution is -0.389. The van der Waals surface area contributed by atoms with Crippen molar-refractivity contribution in [2.45, 2.75) is 23.9 Å². The van der Waals surface area contributed by atoms with E-state index in [1.807, 2.05) is 0 Å². The summed E-state index contributed by atoms with van der Waals surface area (Å²) in [5.41, 5.74) is 0. The minimum absolute atomic E-state index is 0.0803. The summed E-state index contributed by atoms with van der Waals surface area (Å²) >= 11 is 0. The van der Waals surface area contributed by atoms with Gasteiger partial charge in [-0.2, -0.15) is 39.5 Å². The number of nitrogens with one attached hydrogen (secondary N) is 1. The molecule has 0 radical (unpaired) electrons. The number of amides is 1. The van der Waals surface area contributed by atoms with Crippen LogP contribution in [-0.2, 0) is 4.79 Å². The van der Waals surface area contributed by atoms with Crippen LogP contribution in [0.3, 0.4) is 0 Å². The molecule has 0 bridgehead atoms. The Bertz CT molecular complexity index is 401. The molecule has 3 nitrogen and oxygen atoms in total. The molecule has 1 aliphatic heterocycles. The second kappa shape index (κ2) is 5.21. The molecule has 0 saturated carbocycles. The van der Waals surface area contributed by atoms with Crippen molar-refractivity contribution in [3.63, 3.8) is 0 Å². The molecule has 1 aliphatic rings. The van der Waals surface area contributed by atoms with Gasteiger partial charge in [-0.15, -0.1) is 0 Å². The second-order valence-corrected chi connectivity index (χ2v) is 4.26. The predicted molar refractivity (Wildman–Crippen MR) is 50.3 cm³/mol. The first-order chi connectivity index (χ1) is 9.27. The average Bonchev–Trinajstić information content (AvgIpc) is 2.37. The van der Waals surface area contributed by atoms with E-state index in [0.29, 0.717) is 0 Å². The van der Waals surface area contributed by atoms with E-state index in [-0.39, 0.29) is 18.0 Å². The zero-order chi connectivity index (χ0) is 16.7. The summed E-state index contributed by atoms with van der Waals surface area (Å²) in [6.45, 7) is -1.18. The summed E-state index contributed by atoms with van der Waals surface area (Å²) < 4.78 is 113. The highest BCUT2D eigenvalue weighted by atomic mass is 19.4. The fourth-order valence-electron chi connectivity index (χ4n) is 1.58. The third-order valence-electron chi connectivity index (χ3n) is 2.82. The third-order valence-corrected chi connectivity index (χ3v) is 2.82. The van der Waals surface area contributed by atoms with Crippen LogP contribution in [0.5, 0.6) is 0 Å². The highest BCUT2D eigenvalue weighted by Crippen LogP contribution is 2.53. The maximum atomic E-state index is 13.3. The van der Waals surface area contributed by atoms with Gasteiger partial charge in [-0.25, -0.2) is 0 Å². The molecule has 1 fully saturated rings. The van der Waals surface area contributed by atoms with E-state index in [2.05, 4.69) is 5.32 Å². The van der Waals surface area contributed by atoms with E-state index >= 15 is 0 Å². The van der Waals surface area contributed by atoms with Crippen molar-refractivity contribution >= 4 is 5.91 Å². The van der Waals surface area contributed by atoms with Crippen LogP contribution >= 0.6 is 0 Å². The third kappa shape index (κ3) is 2.77. The van der Waals surface area contributed by atoms with Crippen molar-refractivity contribution in [1.82, 2.24) is 10.2 Å². The molecule has 1 amide bonds. The van der Waals surface area contributed by atoms with Crippen LogP contribution in [0.25, 0.3) is 0 Å². The van der Waals surface area contributed by atoms with E-state index in [1.54, 1.807) is 0 Å². The summed E-state index contributed by atoms with van der Waals surface area (Å²) in [4.78, 5) is 11.3. The van der Waals surface area contributed by atoms with Gasteiger partial charge in [0, 0.05) is 26.2 Å². The fourth-order valence-corrected chi connectivity index (χ4v) is 1.58. The topological polar surface area (TPSA) is 32.3 Å². The number of carbonyl (C=O) groups is 1. The summed E-state index contributed by atoms with van der Waals surface area (Å²) in [7, 11) is 0. The number of hydrogen-bond donors (Lipinski definition) is 1. The SMILES string of the molecule is O=C(N1CCNCC1)C(F)(F)C(F)(F)C(F)(F)C(F)(F)F. The molecule has 1 N–H and O–H groups in total. The fraction of sp³-hybridized carbons (Fsp3) is 0.889. The minimum atomic E-state index is -7.05. The lowest BCUT2D eigenvalue weighted by Crippen LogP contribution is -2.66. The lowest BCUT2D eigenvalue weighted by Gasteiger charge is -2.36. The first kappa shape index (κ1) is 17.9. The normalized spacial score (nSPS) is 18.8. The number of hydrogen-bond acceptors (Lipinski definition) is 2. The van der Waals surface area contributed by atoms with Crippen LogP contribution in [0.2, 0.25) is 0 Å². The molecule has 1 heterocycles. The molecule has 0 unspecified atom stereocenters. The maximum Gasteiger partial charge on any atom is 0.460 e. The van der Waals surface area contributed by atoms with Gasteiger partial charge in [0.05, 0.1) is 0 Å². The van der Waals surface area contributed by atoms with Crippen LogP contribution in [0.1, 0.15) is 0 Å². The smallest absolute Gasteiger partial charge is 0.335 e. The van der Waals surface area contributed by atoms with E-state index in [1.165, 1.54) is 0 Å². The van der Waals surface area contributed by atoms with E-state index in [0.717, 1.165) is 0 Å². The van der Waals surface area contributed by atoms with Gasteiger partial charge >= 0.3 is 23.9 Å². The number of alkyl halides is 9. The Hall–Kier alpha value is -1.20. The van der Waals surface area contributed by atoms with Gasteiger partial charge in [0.25, 0.3) is 5.91 Å². The van der Waals surface area contributed by atoms with Gasteiger partial charge in [0.15, 0.2) is 0 Å². The van der Waals surface area contributed by atoms with Crippen molar-refractivity contribution < 1.29 is 44.3 Å². The van der Waals surface area contributed by atoms with Gasteiger partial charge in [-0.3, -0.25) is 4.79 Å². The largest absolute Gasteiger partial charge is 0.460 e. The number of halogens is 9. The van der Waals surface area contributed by atoms with Crippen LogP contribution in [0, 0.1) is 0 Å². The molecular weight excluding hydrogens is 323 g/mol. The van der Waals surface area contributed by atoms with Crippen LogP contribution in [0.15, 0.2) is 0 Å². The van der Waals surface area contributed by atoms with Gasteiger partial charge in [0.2, 0.25) is 0 Å². The second-order valence-electron chi connectivity index (χ2n) is 4.26. The van der Waals surface area contributed by atoms with Crippen LogP contribution in [-0.4, -0.2) is 60.9 Å². The lowest BCUT2D eigenvalue weighted by atomic mass is 10.0. The molecule has 12 heteroatoms. The number of carbonyl (C=O) groups excluding carboxylic acids is 1. The van der Waals surface area contributed by atoms with Gasteiger partial charge in [-0.05, 0) is 0 Å². The van der Waals surface area contributed by atoms with Crippen LogP contribution < -0.4 is 5.32 Å². The average molecular weight is 332 g/mol. The van der Waals surface area contributed by atoms with Gasteiger partial charge in [0.1, 0.15) is 0 Å². The highest BCUT2D eigenvalue weighted by molar-refractivity contribution is 5.85. The van der Waals surface area contributed by atoms with Crippen molar-refractivity contribution in [2.75, 3.05) is 26.2 Å². The summed E-state index contributed by atoms with van der Waals surface area (Å²) in [5.74, 6) is -22.9. The maximum absolute atomic E-state index is 13.3. The molecule has 124 valence electrons. The van der Waals surface area contributed by atoms with Gasteiger partial charge in [-0.1, -0.05) is 0 Å². The Morgan fingerprint density at radius 3 is 1.62 bits per heavy atom. The number of rotatable bonds is 3. The standard InChI is InChI=1S/C9H9F9N2O/c10-6(11,5(21)20-3-1-19-2-4-20)7(12,13)8(14,15)9(16,17)18/h19H,1-4H2. The van der Waals surface area contributed by atoms with Crippen molar-refractivity contribution in [3.05, 3.63) is 0 Å². The molecule has 1 saturated heterocycles. The molecule has 0 atom stereocenters. The highest BCUT2D eigenvalue weighted by Gasteiger charge is 2.84. The predicted octanol–water partition coefficient (Wildman–Crippen LogP) is 1.89. The van der Waals surface area contributed by atoms with Crippen molar-refractivity contribution in [2.24, 2.45) is 0 Å². The zero-order valence-corrected chi connectivity index (χ0v) is 10.1. The van der Waals surface area contributed by atoms with Crippen LogP contribution in [0.4, 0.5) is 39.5 Å². The molecule has 0 aromatic rings. The molecule has 21 heavy (non-hydrogen) atoms. The summed E-state index contributed by atoms with van der Waals surface area (Å²) in [5, 5.41) is 2.56. The van der Waals surface area contributed by atoms with E-state index in [9.17, 15) is 44.3 Å². The minimum Gasteiger partial charge on any atom is -0.335 e.